The van der Waals surface area contributed by atoms with Crippen LogP contribution in [-0.2, 0) is 12.8 Å². The highest BCUT2D eigenvalue weighted by Gasteiger charge is 2.30. The van der Waals surface area contributed by atoms with E-state index in [4.69, 9.17) is 10.5 Å². The number of hydrogen-bond acceptors (Lipinski definition) is 10. The molecule has 2 aromatic heterocycles. The number of carbonyl (C=O) groups is 2. The van der Waals surface area contributed by atoms with Crippen LogP contribution in [0.4, 0.5) is 10.1 Å². The number of nitriles is 2. The number of nitrogens with one attached hydrogen (secondary N) is 3. The molecule has 4 saturated heterocycles. The minimum Gasteiger partial charge on any atom is -0.371 e. The van der Waals surface area contributed by atoms with Gasteiger partial charge in [0, 0.05) is 74.5 Å². The normalized spacial score (nSPS) is 15.7. The molecule has 364 valence electrons. The number of benzene rings is 4. The first-order chi connectivity index (χ1) is 33.6. The zero-order valence-electron chi connectivity index (χ0n) is 40.5. The molecule has 4 aliphatic heterocycles. The first-order valence-electron chi connectivity index (χ1n) is 24.4. The maximum absolute atomic E-state index is 14.6. The van der Waals surface area contributed by atoms with Gasteiger partial charge in [0.25, 0.3) is 11.8 Å². The number of aromatic nitrogens is 6. The van der Waals surface area contributed by atoms with Crippen molar-refractivity contribution in [1.82, 2.24) is 45.5 Å². The predicted molar refractivity (Wildman–Crippen MR) is 271 cm³/mol. The molecular formula is C54H62ClFN12O2. The van der Waals surface area contributed by atoms with Crippen LogP contribution in [-0.4, -0.2) is 104 Å². The van der Waals surface area contributed by atoms with E-state index in [2.05, 4.69) is 58.8 Å². The Kier molecular flexibility index (Phi) is 17.2. The SMILES string of the molecule is C1CNC1.CCc1nc(-c2cc(C(=O)N3CCC(c4ccc(C#N)cc4)CC3)c(C)cc2F)n[nH]1.CCc1nc(-c2cc(C(=O)N3CCC(c4ccc(C#N)cc4)CC3)c(C)cc2N2CCC2)n[nH]1.Cl. The van der Waals surface area contributed by atoms with E-state index in [1.165, 1.54) is 43.1 Å². The number of likely N-dealkylation sites (tertiary alicyclic amines) is 2. The Balaban J connectivity index is 0.000000189. The number of piperidine rings is 2. The molecule has 0 atom stereocenters. The van der Waals surface area contributed by atoms with Crippen molar-refractivity contribution < 1.29 is 14.0 Å². The highest BCUT2D eigenvalue weighted by atomic mass is 35.5. The fourth-order valence-electron chi connectivity index (χ4n) is 9.15. The summed E-state index contributed by atoms with van der Waals surface area (Å²) in [4.78, 5) is 41.9. The molecule has 70 heavy (non-hydrogen) atoms. The van der Waals surface area contributed by atoms with Gasteiger partial charge in [-0.25, -0.2) is 14.4 Å². The van der Waals surface area contributed by atoms with Gasteiger partial charge in [0.15, 0.2) is 11.6 Å². The Hall–Kier alpha value is -6.94. The molecule has 16 heteroatoms. The van der Waals surface area contributed by atoms with Gasteiger partial charge < -0.3 is 20.0 Å². The van der Waals surface area contributed by atoms with Gasteiger partial charge in [0.2, 0.25) is 0 Å². The molecule has 10 rings (SSSR count). The molecule has 0 saturated carbocycles. The van der Waals surface area contributed by atoms with Crippen LogP contribution in [0.3, 0.4) is 0 Å². The fraction of sp³-hybridized carbons (Fsp3) is 0.407. The largest absolute Gasteiger partial charge is 0.371 e. The van der Waals surface area contributed by atoms with Crippen molar-refractivity contribution in [2.45, 2.75) is 90.9 Å². The number of aromatic amines is 2. The second-order valence-corrected chi connectivity index (χ2v) is 18.3. The maximum Gasteiger partial charge on any atom is 0.254 e. The highest BCUT2D eigenvalue weighted by Crippen LogP contribution is 2.36. The van der Waals surface area contributed by atoms with E-state index >= 15 is 0 Å². The van der Waals surface area contributed by atoms with E-state index in [1.54, 1.807) is 13.0 Å². The van der Waals surface area contributed by atoms with Crippen molar-refractivity contribution in [3.05, 3.63) is 135 Å². The first kappa shape index (κ1) is 50.9. The summed E-state index contributed by atoms with van der Waals surface area (Å²) in [6.45, 7) is 15.0. The molecule has 2 amide bonds. The molecule has 4 aliphatic rings. The summed E-state index contributed by atoms with van der Waals surface area (Å²) in [6, 6.07) is 26.9. The predicted octanol–water partition coefficient (Wildman–Crippen LogP) is 9.22. The number of aryl methyl sites for hydroxylation is 4. The van der Waals surface area contributed by atoms with Crippen LogP contribution in [0.1, 0.15) is 130 Å². The second kappa shape index (κ2) is 23.6. The average Bonchev–Trinajstić information content (AvgIpc) is 4.04. The minimum absolute atomic E-state index is 0. The van der Waals surface area contributed by atoms with Crippen LogP contribution < -0.4 is 10.2 Å². The quantitative estimate of drug-likeness (QED) is 0.126. The number of halogens is 2. The summed E-state index contributed by atoms with van der Waals surface area (Å²) in [5.41, 5.74) is 8.87. The minimum atomic E-state index is -0.435. The summed E-state index contributed by atoms with van der Waals surface area (Å²) >= 11 is 0. The molecule has 0 bridgehead atoms. The third-order valence-corrected chi connectivity index (χ3v) is 13.8. The number of carbonyl (C=O) groups excluding carboxylic acids is 2. The summed E-state index contributed by atoms with van der Waals surface area (Å²) in [7, 11) is 0. The zero-order chi connectivity index (χ0) is 48.4. The van der Waals surface area contributed by atoms with E-state index in [1.807, 2.05) is 85.2 Å². The van der Waals surface area contributed by atoms with Gasteiger partial charge in [-0.05, 0) is 148 Å². The van der Waals surface area contributed by atoms with E-state index in [-0.39, 0.29) is 35.6 Å². The van der Waals surface area contributed by atoms with E-state index in [9.17, 15) is 14.0 Å². The Morgan fingerprint density at radius 2 is 1.06 bits per heavy atom. The van der Waals surface area contributed by atoms with Crippen molar-refractivity contribution in [1.29, 1.82) is 10.5 Å². The van der Waals surface area contributed by atoms with Crippen molar-refractivity contribution in [2.24, 2.45) is 0 Å². The molecule has 6 aromatic rings. The monoisotopic (exact) mass is 964 g/mol. The van der Waals surface area contributed by atoms with Gasteiger partial charge in [-0.15, -0.1) is 12.4 Å². The topological polar surface area (TPSA) is 187 Å². The Bertz CT molecular complexity index is 2820. The molecule has 0 radical (unpaired) electrons. The first-order valence-corrected chi connectivity index (χ1v) is 24.4. The third kappa shape index (κ3) is 11.7. The number of nitrogens with zero attached hydrogens (tertiary/aromatic N) is 9. The Labute approximate surface area is 416 Å². The number of hydrogen-bond donors (Lipinski definition) is 3. The van der Waals surface area contributed by atoms with Crippen molar-refractivity contribution >= 4 is 29.9 Å². The molecule has 4 aromatic carbocycles. The Morgan fingerprint density at radius 3 is 1.43 bits per heavy atom. The smallest absolute Gasteiger partial charge is 0.254 e. The number of amides is 2. The average molecular weight is 966 g/mol. The Morgan fingerprint density at radius 1 is 0.643 bits per heavy atom. The standard InChI is InChI=1S/C27H30N6O.C24H24FN5O.C3H7N.ClH/c1-3-25-29-26(31-30-25)23-16-22(18(2)15-24(23)32-11-4-12-32)27(34)33-13-9-21(10-14-33)20-7-5-19(17-28)6-8-20;1-3-22-27-23(29-28-22)20-13-19(15(2)12-21(20)25)24(31)30-10-8-18(9-11-30)17-6-4-16(14-26)5-7-17;1-2-4-3-1;/h5-8,15-16,21H,3-4,9-14H2,1-2H3,(H,29,30,31);4-7,12-13,18H,3,8-11H2,1-2H3,(H,27,28,29);4H,1-3H2;1H. The van der Waals surface area contributed by atoms with Crippen molar-refractivity contribution in [3.8, 4) is 34.9 Å². The van der Waals surface area contributed by atoms with Gasteiger partial charge in [-0.1, -0.05) is 38.1 Å². The summed E-state index contributed by atoms with van der Waals surface area (Å²) in [5, 5.41) is 35.5. The van der Waals surface area contributed by atoms with Gasteiger partial charge in [0.05, 0.1) is 28.8 Å². The zero-order valence-corrected chi connectivity index (χ0v) is 41.3. The van der Waals surface area contributed by atoms with E-state index in [0.717, 1.165) is 86.5 Å². The summed E-state index contributed by atoms with van der Waals surface area (Å²) in [5.74, 6) is 2.79. The summed E-state index contributed by atoms with van der Waals surface area (Å²) in [6.07, 6.45) is 7.59. The van der Waals surface area contributed by atoms with Crippen LogP contribution >= 0.6 is 12.4 Å². The van der Waals surface area contributed by atoms with E-state index in [0.29, 0.717) is 65.2 Å². The molecular weight excluding hydrogens is 903 g/mol. The van der Waals surface area contributed by atoms with Crippen LogP contribution in [0.2, 0.25) is 0 Å². The molecule has 4 fully saturated rings. The summed E-state index contributed by atoms with van der Waals surface area (Å²) < 4.78 is 14.6. The van der Waals surface area contributed by atoms with Crippen molar-refractivity contribution in [3.63, 3.8) is 0 Å². The van der Waals surface area contributed by atoms with Crippen LogP contribution in [0.5, 0.6) is 0 Å². The molecule has 6 heterocycles. The van der Waals surface area contributed by atoms with Crippen molar-refractivity contribution in [2.75, 3.05) is 57.3 Å². The number of H-pyrrole nitrogens is 2. The van der Waals surface area contributed by atoms with Crippen LogP contribution in [0.15, 0.2) is 72.8 Å². The van der Waals surface area contributed by atoms with Gasteiger partial charge in [-0.3, -0.25) is 19.8 Å². The lowest BCUT2D eigenvalue weighted by Gasteiger charge is -2.35. The number of anilines is 1. The lowest BCUT2D eigenvalue weighted by molar-refractivity contribution is 0.0704. The van der Waals surface area contributed by atoms with Gasteiger partial charge in [0.1, 0.15) is 17.5 Å². The molecule has 0 unspecified atom stereocenters. The third-order valence-electron chi connectivity index (χ3n) is 13.8. The fourth-order valence-corrected chi connectivity index (χ4v) is 9.15. The number of rotatable bonds is 9. The van der Waals surface area contributed by atoms with Gasteiger partial charge in [-0.2, -0.15) is 20.7 Å². The molecule has 0 aliphatic carbocycles. The lowest BCUT2D eigenvalue weighted by Crippen LogP contribution is -2.39. The lowest BCUT2D eigenvalue weighted by atomic mass is 9.88. The highest BCUT2D eigenvalue weighted by molar-refractivity contribution is 5.99. The van der Waals surface area contributed by atoms with E-state index < -0.39 is 5.82 Å². The molecule has 3 N–H and O–H groups in total. The van der Waals surface area contributed by atoms with Crippen LogP contribution in [0.25, 0.3) is 22.8 Å². The van der Waals surface area contributed by atoms with Gasteiger partial charge >= 0.3 is 0 Å². The second-order valence-electron chi connectivity index (χ2n) is 18.3. The molecule has 14 nitrogen and oxygen atoms in total. The van der Waals surface area contributed by atoms with Crippen LogP contribution in [0, 0.1) is 42.3 Å². The maximum atomic E-state index is 14.6. The molecule has 0 spiro atoms.